The summed E-state index contributed by atoms with van der Waals surface area (Å²) in [5, 5.41) is 15.6. The average Bonchev–Trinajstić information content (AvgIpc) is 2.89. The lowest BCUT2D eigenvalue weighted by Gasteiger charge is -2.16. The number of nitrogens with zero attached hydrogens (tertiary/aromatic N) is 3. The highest BCUT2D eigenvalue weighted by Crippen LogP contribution is 2.08. The first-order valence-electron chi connectivity index (χ1n) is 7.61. The number of aromatic nitrogens is 2. The molecule has 2 N–H and O–H groups in total. The van der Waals surface area contributed by atoms with E-state index in [1.54, 1.807) is 7.05 Å². The van der Waals surface area contributed by atoms with Gasteiger partial charge in [0, 0.05) is 12.7 Å². The van der Waals surface area contributed by atoms with Crippen molar-refractivity contribution in [3.05, 3.63) is 39.6 Å². The molecule has 1 aromatic heterocycles. The number of likely N-dealkylation sites (N-methyl/N-ethyl adjacent to an activating group) is 1. The van der Waals surface area contributed by atoms with E-state index in [1.165, 1.54) is 20.9 Å². The van der Waals surface area contributed by atoms with Crippen molar-refractivity contribution in [2.45, 2.75) is 26.8 Å². The third-order valence-corrected chi connectivity index (χ3v) is 4.42. The fourth-order valence-electron chi connectivity index (χ4n) is 2.00. The number of benzene rings is 1. The molecule has 136 valence electrons. The first kappa shape index (κ1) is 20.9. The number of hydrogen-bond acceptors (Lipinski definition) is 5. The molecule has 2 amide bonds. The van der Waals surface area contributed by atoms with Gasteiger partial charge in [0.15, 0.2) is 0 Å². The van der Waals surface area contributed by atoms with Crippen LogP contribution in [0.25, 0.3) is 0 Å². The summed E-state index contributed by atoms with van der Waals surface area (Å²) in [4.78, 5) is 25.8. The van der Waals surface area contributed by atoms with Gasteiger partial charge in [0.1, 0.15) is 11.6 Å². The third kappa shape index (κ3) is 5.99. The summed E-state index contributed by atoms with van der Waals surface area (Å²) in [5.74, 6) is -0.529. The van der Waals surface area contributed by atoms with Crippen LogP contribution in [0.15, 0.2) is 24.3 Å². The normalized spacial score (nSPS) is 10.0. The minimum Gasteiger partial charge on any atom is -0.335 e. The molecule has 7 nitrogen and oxygen atoms in total. The van der Waals surface area contributed by atoms with Crippen LogP contribution >= 0.6 is 23.7 Å². The molecule has 0 unspecified atom stereocenters. The molecule has 0 bridgehead atoms. The van der Waals surface area contributed by atoms with E-state index in [4.69, 9.17) is 5.41 Å². The molecule has 0 radical (unpaired) electrons. The first-order valence-corrected chi connectivity index (χ1v) is 8.42. The van der Waals surface area contributed by atoms with Crippen LogP contribution in [0.3, 0.4) is 0 Å². The number of amides is 2. The van der Waals surface area contributed by atoms with Crippen molar-refractivity contribution in [1.82, 2.24) is 14.7 Å². The van der Waals surface area contributed by atoms with E-state index in [-0.39, 0.29) is 42.1 Å². The van der Waals surface area contributed by atoms with Gasteiger partial charge in [0.2, 0.25) is 16.6 Å². The monoisotopic (exact) mass is 383 g/mol. The second-order valence-electron chi connectivity index (χ2n) is 5.48. The number of carbonyl (C=O) groups is 2. The Morgan fingerprint density at radius 1 is 1.32 bits per heavy atom. The van der Waals surface area contributed by atoms with Crippen LogP contribution in [0.4, 0.5) is 5.69 Å². The van der Waals surface area contributed by atoms with E-state index in [1.807, 2.05) is 38.1 Å². The maximum Gasteiger partial charge on any atom is 0.244 e. The maximum atomic E-state index is 12.2. The lowest BCUT2D eigenvalue weighted by molar-refractivity contribution is -0.134. The van der Waals surface area contributed by atoms with Crippen molar-refractivity contribution in [2.24, 2.45) is 0 Å². The van der Waals surface area contributed by atoms with Gasteiger partial charge in [0.05, 0.1) is 6.54 Å². The van der Waals surface area contributed by atoms with Crippen molar-refractivity contribution in [1.29, 1.82) is 5.41 Å². The van der Waals surface area contributed by atoms with Crippen LogP contribution in [-0.2, 0) is 22.6 Å². The van der Waals surface area contributed by atoms with Crippen LogP contribution in [0.1, 0.15) is 17.5 Å². The van der Waals surface area contributed by atoms with E-state index >= 15 is 0 Å². The summed E-state index contributed by atoms with van der Waals surface area (Å²) < 4.78 is 1.36. The van der Waals surface area contributed by atoms with Gasteiger partial charge < -0.3 is 10.2 Å². The predicted octanol–water partition coefficient (Wildman–Crippen LogP) is 1.81. The fraction of sp³-hybridized carbons (Fsp3) is 0.375. The van der Waals surface area contributed by atoms with E-state index in [2.05, 4.69) is 10.4 Å². The standard InChI is InChI=1S/C16H21N5O2S.ClH/c1-4-14-19-21(16(17)24-14)10-15(23)20(3)9-13(22)18-12-7-5-11(2)6-8-12;/h5-8,17H,4,9-10H2,1-3H3,(H,18,22);1H. The van der Waals surface area contributed by atoms with E-state index in [9.17, 15) is 9.59 Å². The van der Waals surface area contributed by atoms with Gasteiger partial charge in [-0.1, -0.05) is 36.0 Å². The Morgan fingerprint density at radius 3 is 2.52 bits per heavy atom. The first-order chi connectivity index (χ1) is 11.4. The summed E-state index contributed by atoms with van der Waals surface area (Å²) in [6, 6.07) is 7.45. The van der Waals surface area contributed by atoms with E-state index in [0.29, 0.717) is 5.69 Å². The Hall–Kier alpha value is -2.19. The molecule has 0 aliphatic heterocycles. The van der Waals surface area contributed by atoms with Crippen LogP contribution in [0, 0.1) is 12.3 Å². The number of aryl methyl sites for hydroxylation is 2. The maximum absolute atomic E-state index is 12.2. The van der Waals surface area contributed by atoms with Gasteiger partial charge in [0.25, 0.3) is 0 Å². The van der Waals surface area contributed by atoms with Gasteiger partial charge in [-0.25, -0.2) is 4.68 Å². The molecule has 1 aromatic carbocycles. The molecule has 0 saturated heterocycles. The van der Waals surface area contributed by atoms with Crippen LogP contribution in [0.5, 0.6) is 0 Å². The van der Waals surface area contributed by atoms with Crippen LogP contribution in [-0.4, -0.2) is 40.1 Å². The van der Waals surface area contributed by atoms with Gasteiger partial charge in [-0.15, -0.1) is 12.4 Å². The predicted molar refractivity (Wildman–Crippen MR) is 100 cm³/mol. The number of carbonyl (C=O) groups excluding carboxylic acids is 2. The summed E-state index contributed by atoms with van der Waals surface area (Å²) in [6.07, 6.45) is 0.729. The van der Waals surface area contributed by atoms with Crippen molar-refractivity contribution < 1.29 is 9.59 Å². The molecule has 2 rings (SSSR count). The van der Waals surface area contributed by atoms with Gasteiger partial charge in [-0.2, -0.15) is 5.10 Å². The minimum absolute atomic E-state index is 0. The summed E-state index contributed by atoms with van der Waals surface area (Å²) in [6.45, 7) is 3.83. The number of anilines is 1. The molecule has 0 aliphatic rings. The summed E-state index contributed by atoms with van der Waals surface area (Å²) >= 11 is 1.25. The molecule has 9 heteroatoms. The molecule has 25 heavy (non-hydrogen) atoms. The number of hydrogen-bond donors (Lipinski definition) is 2. The molecule has 0 spiro atoms. The van der Waals surface area contributed by atoms with Crippen molar-refractivity contribution in [2.75, 3.05) is 18.9 Å². The number of nitrogens with one attached hydrogen (secondary N) is 2. The smallest absolute Gasteiger partial charge is 0.244 e. The lowest BCUT2D eigenvalue weighted by atomic mass is 10.2. The molecule has 0 aliphatic carbocycles. The Bertz CT molecular complexity index is 785. The highest BCUT2D eigenvalue weighted by atomic mass is 35.5. The van der Waals surface area contributed by atoms with Gasteiger partial charge in [-0.3, -0.25) is 15.0 Å². The minimum atomic E-state index is -0.265. The second-order valence-corrected chi connectivity index (χ2v) is 6.54. The number of rotatable bonds is 6. The molecule has 0 atom stereocenters. The van der Waals surface area contributed by atoms with E-state index in [0.717, 1.165) is 17.0 Å². The molecule has 1 heterocycles. The summed E-state index contributed by atoms with van der Waals surface area (Å²) in [7, 11) is 1.56. The average molecular weight is 384 g/mol. The molecule has 2 aromatic rings. The Morgan fingerprint density at radius 2 is 1.96 bits per heavy atom. The Kier molecular flexibility index (Phi) is 7.79. The molecular formula is C16H22ClN5O2S. The molecule has 0 fully saturated rings. The highest BCUT2D eigenvalue weighted by molar-refractivity contribution is 7.08. The molecular weight excluding hydrogens is 362 g/mol. The zero-order valence-corrected chi connectivity index (χ0v) is 16.0. The SMILES string of the molecule is CCc1nn(CC(=O)N(C)CC(=O)Nc2ccc(C)cc2)c(=N)s1.Cl. The van der Waals surface area contributed by atoms with Crippen LogP contribution < -0.4 is 10.1 Å². The summed E-state index contributed by atoms with van der Waals surface area (Å²) in [5.41, 5.74) is 1.81. The topological polar surface area (TPSA) is 91.1 Å². The Balaban J connectivity index is 0.00000312. The van der Waals surface area contributed by atoms with E-state index < -0.39 is 0 Å². The van der Waals surface area contributed by atoms with Crippen LogP contribution in [0.2, 0.25) is 0 Å². The highest BCUT2D eigenvalue weighted by Gasteiger charge is 2.15. The molecule has 0 saturated carbocycles. The van der Waals surface area contributed by atoms with Gasteiger partial charge >= 0.3 is 0 Å². The fourth-order valence-corrected chi connectivity index (χ4v) is 2.72. The van der Waals surface area contributed by atoms with Crippen molar-refractivity contribution in [3.8, 4) is 0 Å². The third-order valence-electron chi connectivity index (χ3n) is 3.41. The zero-order valence-electron chi connectivity index (χ0n) is 14.4. The Labute approximate surface area is 156 Å². The quantitative estimate of drug-likeness (QED) is 0.796. The largest absolute Gasteiger partial charge is 0.335 e. The lowest BCUT2D eigenvalue weighted by Crippen LogP contribution is -2.38. The van der Waals surface area contributed by atoms with Gasteiger partial charge in [-0.05, 0) is 25.5 Å². The second kappa shape index (κ2) is 9.33. The zero-order chi connectivity index (χ0) is 17.7. The van der Waals surface area contributed by atoms with Crippen molar-refractivity contribution >= 4 is 41.2 Å². The number of halogens is 1. The van der Waals surface area contributed by atoms with Crippen molar-refractivity contribution in [3.63, 3.8) is 0 Å².